The van der Waals surface area contributed by atoms with Gasteiger partial charge in [-0.1, -0.05) is 19.8 Å². The van der Waals surface area contributed by atoms with E-state index in [9.17, 15) is 4.79 Å². The van der Waals surface area contributed by atoms with Crippen molar-refractivity contribution in [3.63, 3.8) is 0 Å². The molecule has 0 aliphatic rings. The number of ether oxygens (including phenoxy) is 1. The van der Waals surface area contributed by atoms with Crippen LogP contribution in [0.25, 0.3) is 10.9 Å². The minimum Gasteiger partial charge on any atom is -0.491 e. The molecule has 0 saturated carbocycles. The van der Waals surface area contributed by atoms with Crippen LogP contribution in [0.5, 0.6) is 5.75 Å². The van der Waals surface area contributed by atoms with Gasteiger partial charge in [0.15, 0.2) is 0 Å². The van der Waals surface area contributed by atoms with Crippen molar-refractivity contribution < 1.29 is 9.53 Å². The summed E-state index contributed by atoms with van der Waals surface area (Å²) >= 11 is 0. The summed E-state index contributed by atoms with van der Waals surface area (Å²) in [7, 11) is 0. The van der Waals surface area contributed by atoms with Gasteiger partial charge in [-0.2, -0.15) is 5.26 Å². The molecule has 1 aromatic heterocycles. The van der Waals surface area contributed by atoms with Crippen molar-refractivity contribution in [2.24, 2.45) is 0 Å². The minimum absolute atomic E-state index is 0.400. The molecular weight excluding hydrogens is 252 g/mol. The van der Waals surface area contributed by atoms with E-state index in [1.165, 1.54) is 6.20 Å². The first-order valence-corrected chi connectivity index (χ1v) is 6.71. The zero-order valence-electron chi connectivity index (χ0n) is 11.4. The fraction of sp³-hybridized carbons (Fsp3) is 0.312. The SMILES string of the molecule is CCCCCOc1c(C#N)cnc2ccc(C=O)cc12. The fourth-order valence-electron chi connectivity index (χ4n) is 2.02. The summed E-state index contributed by atoms with van der Waals surface area (Å²) in [5.41, 5.74) is 1.67. The van der Waals surface area contributed by atoms with Crippen molar-refractivity contribution in [3.8, 4) is 11.8 Å². The number of fused-ring (bicyclic) bond motifs is 1. The lowest BCUT2D eigenvalue weighted by Gasteiger charge is -2.10. The largest absolute Gasteiger partial charge is 0.491 e. The first-order valence-electron chi connectivity index (χ1n) is 6.71. The number of hydrogen-bond acceptors (Lipinski definition) is 4. The molecular formula is C16H16N2O2. The molecule has 0 aliphatic carbocycles. The number of unbranched alkanes of at least 4 members (excludes halogenated alkanes) is 2. The molecule has 1 aromatic carbocycles. The summed E-state index contributed by atoms with van der Waals surface area (Å²) in [4.78, 5) is 15.1. The van der Waals surface area contributed by atoms with Crippen molar-refractivity contribution >= 4 is 17.2 Å². The van der Waals surface area contributed by atoms with E-state index in [-0.39, 0.29) is 0 Å². The van der Waals surface area contributed by atoms with E-state index in [4.69, 9.17) is 10.00 Å². The monoisotopic (exact) mass is 268 g/mol. The highest BCUT2D eigenvalue weighted by Gasteiger charge is 2.10. The van der Waals surface area contributed by atoms with Crippen LogP contribution in [0, 0.1) is 11.3 Å². The number of benzene rings is 1. The number of aldehydes is 1. The lowest BCUT2D eigenvalue weighted by molar-refractivity contribution is 0.112. The number of nitrogens with zero attached hydrogens (tertiary/aromatic N) is 2. The molecule has 1 heterocycles. The van der Waals surface area contributed by atoms with Gasteiger partial charge in [-0.3, -0.25) is 9.78 Å². The van der Waals surface area contributed by atoms with Gasteiger partial charge in [-0.05, 0) is 24.6 Å². The Balaban J connectivity index is 2.41. The lowest BCUT2D eigenvalue weighted by atomic mass is 10.1. The molecule has 0 aliphatic heterocycles. The molecule has 4 heteroatoms. The molecule has 102 valence electrons. The first kappa shape index (κ1) is 14.0. The summed E-state index contributed by atoms with van der Waals surface area (Å²) in [6, 6.07) is 7.27. The molecule has 0 radical (unpaired) electrons. The van der Waals surface area contributed by atoms with Gasteiger partial charge < -0.3 is 4.74 Å². The van der Waals surface area contributed by atoms with E-state index in [0.29, 0.717) is 28.9 Å². The van der Waals surface area contributed by atoms with E-state index in [2.05, 4.69) is 18.0 Å². The number of nitriles is 1. The maximum absolute atomic E-state index is 10.9. The first-order chi connectivity index (χ1) is 9.80. The number of carbonyl (C=O) groups is 1. The van der Waals surface area contributed by atoms with Crippen LogP contribution >= 0.6 is 0 Å². The third-order valence-electron chi connectivity index (χ3n) is 3.09. The summed E-state index contributed by atoms with van der Waals surface area (Å²) in [6.45, 7) is 2.69. The van der Waals surface area contributed by atoms with Gasteiger partial charge in [0.2, 0.25) is 0 Å². The van der Waals surface area contributed by atoms with Crippen LogP contribution in [0.3, 0.4) is 0 Å². The van der Waals surface area contributed by atoms with Crippen molar-refractivity contribution in [1.82, 2.24) is 4.98 Å². The number of hydrogen-bond donors (Lipinski definition) is 0. The second-order valence-electron chi connectivity index (χ2n) is 4.56. The van der Waals surface area contributed by atoms with Crippen LogP contribution in [0.1, 0.15) is 42.1 Å². The van der Waals surface area contributed by atoms with E-state index >= 15 is 0 Å². The van der Waals surface area contributed by atoms with Gasteiger partial charge in [0.05, 0.1) is 12.1 Å². The Kier molecular flexibility index (Phi) is 4.67. The molecule has 0 unspecified atom stereocenters. The van der Waals surface area contributed by atoms with E-state index in [1.807, 2.05) is 0 Å². The van der Waals surface area contributed by atoms with Gasteiger partial charge in [-0.25, -0.2) is 0 Å². The van der Waals surface area contributed by atoms with Crippen LogP contribution in [-0.2, 0) is 0 Å². The third kappa shape index (κ3) is 2.94. The van der Waals surface area contributed by atoms with E-state index < -0.39 is 0 Å². The summed E-state index contributed by atoms with van der Waals surface area (Å²) in [6.07, 6.45) is 5.43. The van der Waals surface area contributed by atoms with Gasteiger partial charge in [-0.15, -0.1) is 0 Å². The van der Waals surface area contributed by atoms with Crippen molar-refractivity contribution in [2.75, 3.05) is 6.61 Å². The molecule has 2 rings (SSSR count). The highest BCUT2D eigenvalue weighted by atomic mass is 16.5. The fourth-order valence-corrected chi connectivity index (χ4v) is 2.02. The van der Waals surface area contributed by atoms with Crippen LogP contribution in [0.15, 0.2) is 24.4 Å². The second kappa shape index (κ2) is 6.67. The number of aromatic nitrogens is 1. The second-order valence-corrected chi connectivity index (χ2v) is 4.56. The quantitative estimate of drug-likeness (QED) is 0.594. The highest BCUT2D eigenvalue weighted by molar-refractivity contribution is 5.92. The average Bonchev–Trinajstić information content (AvgIpc) is 2.50. The summed E-state index contributed by atoms with van der Waals surface area (Å²) < 4.78 is 5.76. The number of rotatable bonds is 6. The Bertz CT molecular complexity index is 659. The zero-order chi connectivity index (χ0) is 14.4. The molecule has 20 heavy (non-hydrogen) atoms. The Hall–Kier alpha value is -2.41. The zero-order valence-corrected chi connectivity index (χ0v) is 11.4. The molecule has 0 spiro atoms. The molecule has 0 saturated heterocycles. The molecule has 0 N–H and O–H groups in total. The molecule has 4 nitrogen and oxygen atoms in total. The number of carbonyl (C=O) groups excluding carboxylic acids is 1. The topological polar surface area (TPSA) is 63.0 Å². The normalized spacial score (nSPS) is 10.2. The van der Waals surface area contributed by atoms with Crippen LogP contribution in [0.4, 0.5) is 0 Å². The maximum atomic E-state index is 10.9. The van der Waals surface area contributed by atoms with Crippen molar-refractivity contribution in [2.45, 2.75) is 26.2 Å². The van der Waals surface area contributed by atoms with Gasteiger partial charge in [0.1, 0.15) is 23.7 Å². The van der Waals surface area contributed by atoms with E-state index in [0.717, 1.165) is 31.1 Å². The average molecular weight is 268 g/mol. The Morgan fingerprint density at radius 1 is 1.40 bits per heavy atom. The standard InChI is InChI=1S/C16H16N2O2/c1-2-3-4-7-20-16-13(9-17)10-18-15-6-5-12(11-19)8-14(15)16/h5-6,8,10-11H,2-4,7H2,1H3. The van der Waals surface area contributed by atoms with Crippen molar-refractivity contribution in [1.29, 1.82) is 5.26 Å². The Morgan fingerprint density at radius 2 is 2.25 bits per heavy atom. The van der Waals surface area contributed by atoms with Crippen LogP contribution in [-0.4, -0.2) is 17.9 Å². The predicted molar refractivity (Wildman–Crippen MR) is 76.9 cm³/mol. The van der Waals surface area contributed by atoms with E-state index in [1.54, 1.807) is 18.2 Å². The summed E-state index contributed by atoms with van der Waals surface area (Å²) in [5, 5.41) is 9.88. The molecule has 0 amide bonds. The minimum atomic E-state index is 0.400. The maximum Gasteiger partial charge on any atom is 0.150 e. The molecule has 2 aromatic rings. The van der Waals surface area contributed by atoms with Gasteiger partial charge >= 0.3 is 0 Å². The molecule has 0 atom stereocenters. The highest BCUT2D eigenvalue weighted by Crippen LogP contribution is 2.28. The lowest BCUT2D eigenvalue weighted by Crippen LogP contribution is -2.01. The van der Waals surface area contributed by atoms with Crippen molar-refractivity contribution in [3.05, 3.63) is 35.5 Å². The Labute approximate surface area is 118 Å². The summed E-state index contributed by atoms with van der Waals surface area (Å²) in [5.74, 6) is 0.525. The molecule has 0 fully saturated rings. The predicted octanol–water partition coefficient (Wildman–Crippen LogP) is 3.49. The number of pyridine rings is 1. The van der Waals surface area contributed by atoms with Crippen LogP contribution < -0.4 is 4.74 Å². The van der Waals surface area contributed by atoms with Gasteiger partial charge in [0, 0.05) is 17.1 Å². The van der Waals surface area contributed by atoms with Gasteiger partial charge in [0.25, 0.3) is 0 Å². The molecule has 0 bridgehead atoms. The Morgan fingerprint density at radius 3 is 2.95 bits per heavy atom. The smallest absolute Gasteiger partial charge is 0.150 e. The van der Waals surface area contributed by atoms with Crippen LogP contribution in [0.2, 0.25) is 0 Å². The third-order valence-corrected chi connectivity index (χ3v) is 3.09.